The van der Waals surface area contributed by atoms with Crippen molar-refractivity contribution < 1.29 is 4.79 Å². The number of benzene rings is 2. The van der Waals surface area contributed by atoms with E-state index in [1.54, 1.807) is 6.20 Å². The smallest absolute Gasteiger partial charge is 0.281 e. The lowest BCUT2D eigenvalue weighted by Crippen LogP contribution is -2.25. The van der Waals surface area contributed by atoms with Crippen molar-refractivity contribution in [1.29, 1.82) is 0 Å². The molecule has 0 spiro atoms. The maximum Gasteiger partial charge on any atom is 0.281 e. The highest BCUT2D eigenvalue weighted by Crippen LogP contribution is 2.26. The molecule has 0 bridgehead atoms. The number of anilines is 1. The van der Waals surface area contributed by atoms with Crippen LogP contribution in [0.3, 0.4) is 0 Å². The second kappa shape index (κ2) is 6.77. The molecule has 134 valence electrons. The van der Waals surface area contributed by atoms with Gasteiger partial charge in [0.2, 0.25) is 5.43 Å². The van der Waals surface area contributed by atoms with E-state index in [4.69, 9.17) is 0 Å². The zero-order chi connectivity index (χ0) is 19.0. The summed E-state index contributed by atoms with van der Waals surface area (Å²) in [6, 6.07) is 14.9. The van der Waals surface area contributed by atoms with Crippen LogP contribution in [0.1, 0.15) is 21.6 Å². The molecule has 27 heavy (non-hydrogen) atoms. The summed E-state index contributed by atoms with van der Waals surface area (Å²) in [5, 5.41) is 7.33. The summed E-state index contributed by atoms with van der Waals surface area (Å²) >= 11 is 1.36. The zero-order valence-electron chi connectivity index (χ0n) is 14.8. The second-order valence-electron chi connectivity index (χ2n) is 6.25. The minimum Gasteiger partial charge on any atom is -0.296 e. The molecule has 0 saturated heterocycles. The van der Waals surface area contributed by atoms with Crippen LogP contribution in [0.5, 0.6) is 0 Å². The fraction of sp³-hybridized carbons (Fsp3) is 0.100. The van der Waals surface area contributed by atoms with Crippen molar-refractivity contribution in [1.82, 2.24) is 14.8 Å². The van der Waals surface area contributed by atoms with Crippen LogP contribution in [0.2, 0.25) is 0 Å². The Hall–Kier alpha value is -3.32. The first-order valence-corrected chi connectivity index (χ1v) is 9.17. The summed E-state index contributed by atoms with van der Waals surface area (Å²) < 4.78 is 2.49. The van der Waals surface area contributed by atoms with E-state index in [0.717, 1.165) is 27.0 Å². The van der Waals surface area contributed by atoms with Gasteiger partial charge < -0.3 is 0 Å². The van der Waals surface area contributed by atoms with Crippen molar-refractivity contribution in [3.05, 3.63) is 81.8 Å². The van der Waals surface area contributed by atoms with Gasteiger partial charge in [-0.1, -0.05) is 35.1 Å². The Balaban J connectivity index is 1.65. The quantitative estimate of drug-likeness (QED) is 0.591. The van der Waals surface area contributed by atoms with Crippen molar-refractivity contribution in [2.45, 2.75) is 13.8 Å². The molecule has 0 aliphatic heterocycles. The first-order chi connectivity index (χ1) is 13.0. The number of hydrogen-bond donors (Lipinski definition) is 1. The number of nitrogens with zero attached hydrogens (tertiary/aromatic N) is 3. The van der Waals surface area contributed by atoms with Crippen LogP contribution in [0.4, 0.5) is 5.13 Å². The van der Waals surface area contributed by atoms with Gasteiger partial charge in [0, 0.05) is 12.3 Å². The molecule has 2 aromatic heterocycles. The van der Waals surface area contributed by atoms with Gasteiger partial charge in [0.1, 0.15) is 0 Å². The zero-order valence-corrected chi connectivity index (χ0v) is 15.6. The van der Waals surface area contributed by atoms with E-state index in [0.29, 0.717) is 5.13 Å². The lowest BCUT2D eigenvalue weighted by molar-refractivity contribution is 0.101. The Morgan fingerprint density at radius 3 is 2.56 bits per heavy atom. The fourth-order valence-electron chi connectivity index (χ4n) is 2.65. The number of hydrogen-bond acceptors (Lipinski definition) is 5. The number of carbonyl (C=O) groups excluding carboxylic acids is 1. The minimum absolute atomic E-state index is 0.173. The summed E-state index contributed by atoms with van der Waals surface area (Å²) in [5.74, 6) is -0.572. The van der Waals surface area contributed by atoms with Crippen LogP contribution in [0, 0.1) is 13.8 Å². The lowest BCUT2D eigenvalue weighted by atomic mass is 10.2. The van der Waals surface area contributed by atoms with Gasteiger partial charge in [0.15, 0.2) is 10.8 Å². The first kappa shape index (κ1) is 17.1. The van der Waals surface area contributed by atoms with E-state index in [9.17, 15) is 9.59 Å². The van der Waals surface area contributed by atoms with E-state index in [-0.39, 0.29) is 5.69 Å². The molecule has 1 N–H and O–H groups in total. The van der Waals surface area contributed by atoms with Crippen molar-refractivity contribution in [3.8, 4) is 5.69 Å². The van der Waals surface area contributed by atoms with Crippen molar-refractivity contribution >= 4 is 32.6 Å². The second-order valence-corrected chi connectivity index (χ2v) is 7.28. The average Bonchev–Trinajstić information content (AvgIpc) is 3.04. The topological polar surface area (TPSA) is 76.9 Å². The highest BCUT2D eigenvalue weighted by Gasteiger charge is 2.16. The molecule has 7 heteroatoms. The number of rotatable bonds is 3. The molecule has 0 unspecified atom stereocenters. The van der Waals surface area contributed by atoms with Crippen LogP contribution in [-0.2, 0) is 0 Å². The van der Waals surface area contributed by atoms with E-state index in [1.165, 1.54) is 22.1 Å². The van der Waals surface area contributed by atoms with Gasteiger partial charge in [-0.3, -0.25) is 14.9 Å². The van der Waals surface area contributed by atoms with Crippen molar-refractivity contribution in [2.75, 3.05) is 5.32 Å². The van der Waals surface area contributed by atoms with Crippen LogP contribution in [0.15, 0.2) is 59.5 Å². The average molecular weight is 376 g/mol. The van der Waals surface area contributed by atoms with Gasteiger partial charge in [0.25, 0.3) is 5.91 Å². The lowest BCUT2D eigenvalue weighted by Gasteiger charge is -2.07. The van der Waals surface area contributed by atoms with Crippen LogP contribution >= 0.6 is 11.3 Å². The third-order valence-corrected chi connectivity index (χ3v) is 5.02. The SMILES string of the molecule is Cc1ccc(-n2ccc(=O)c(C(=O)Nc3nc4ccc(C)cc4s3)n2)cc1. The monoisotopic (exact) mass is 376 g/mol. The van der Waals surface area contributed by atoms with Gasteiger partial charge >= 0.3 is 0 Å². The summed E-state index contributed by atoms with van der Waals surface area (Å²) in [7, 11) is 0. The molecule has 2 heterocycles. The third-order valence-electron chi connectivity index (χ3n) is 4.09. The Kier molecular flexibility index (Phi) is 4.29. The summed E-state index contributed by atoms with van der Waals surface area (Å²) in [5.41, 5.74) is 3.20. The fourth-order valence-corrected chi connectivity index (χ4v) is 3.61. The summed E-state index contributed by atoms with van der Waals surface area (Å²) in [4.78, 5) is 29.1. The molecule has 0 saturated carbocycles. The Morgan fingerprint density at radius 2 is 1.78 bits per heavy atom. The molecule has 0 radical (unpaired) electrons. The first-order valence-electron chi connectivity index (χ1n) is 8.35. The normalized spacial score (nSPS) is 10.9. The van der Waals surface area contributed by atoms with Crippen LogP contribution in [-0.4, -0.2) is 20.7 Å². The van der Waals surface area contributed by atoms with E-state index in [2.05, 4.69) is 15.4 Å². The van der Waals surface area contributed by atoms with Gasteiger partial charge in [-0.25, -0.2) is 9.67 Å². The summed E-state index contributed by atoms with van der Waals surface area (Å²) in [6.07, 6.45) is 1.55. The maximum absolute atomic E-state index is 12.6. The minimum atomic E-state index is -0.572. The highest BCUT2D eigenvalue weighted by atomic mass is 32.1. The molecule has 2 aromatic carbocycles. The number of aryl methyl sites for hydroxylation is 2. The number of thiazole rings is 1. The Bertz CT molecular complexity index is 1210. The van der Waals surface area contributed by atoms with E-state index in [1.807, 2.05) is 56.3 Å². The maximum atomic E-state index is 12.6. The molecule has 1 amide bonds. The number of carbonyl (C=O) groups is 1. The number of fused-ring (bicyclic) bond motifs is 1. The largest absolute Gasteiger partial charge is 0.296 e. The van der Waals surface area contributed by atoms with E-state index >= 15 is 0 Å². The van der Waals surface area contributed by atoms with Crippen molar-refractivity contribution in [2.24, 2.45) is 0 Å². The molecular formula is C20H16N4O2S. The van der Waals surface area contributed by atoms with Gasteiger partial charge in [0.05, 0.1) is 15.9 Å². The molecule has 0 aliphatic rings. The molecular weight excluding hydrogens is 360 g/mol. The number of amides is 1. The molecule has 4 rings (SSSR count). The van der Waals surface area contributed by atoms with E-state index < -0.39 is 11.3 Å². The summed E-state index contributed by atoms with van der Waals surface area (Å²) in [6.45, 7) is 3.99. The molecule has 0 fully saturated rings. The molecule has 0 aliphatic carbocycles. The van der Waals surface area contributed by atoms with Crippen LogP contribution in [0.25, 0.3) is 15.9 Å². The third kappa shape index (κ3) is 3.50. The van der Waals surface area contributed by atoms with Crippen molar-refractivity contribution in [3.63, 3.8) is 0 Å². The Labute approximate surface area is 159 Å². The highest BCUT2D eigenvalue weighted by molar-refractivity contribution is 7.22. The standard InChI is InChI=1S/C20H16N4O2S/c1-12-3-6-14(7-4-12)24-10-9-16(25)18(23-24)19(26)22-20-21-15-8-5-13(2)11-17(15)27-20/h3-11H,1-2H3,(H,21,22,26). The Morgan fingerprint density at radius 1 is 1.04 bits per heavy atom. The van der Waals surface area contributed by atoms with Crippen LogP contribution < -0.4 is 10.7 Å². The van der Waals surface area contributed by atoms with Gasteiger partial charge in [-0.05, 0) is 43.7 Å². The van der Waals surface area contributed by atoms with Gasteiger partial charge in [-0.15, -0.1) is 0 Å². The number of aromatic nitrogens is 3. The molecule has 0 atom stereocenters. The predicted octanol–water partition coefficient (Wildman–Crippen LogP) is 3.71. The predicted molar refractivity (Wildman–Crippen MR) is 107 cm³/mol. The number of nitrogens with one attached hydrogen (secondary N) is 1. The molecule has 6 nitrogen and oxygen atoms in total. The van der Waals surface area contributed by atoms with Gasteiger partial charge in [-0.2, -0.15) is 5.10 Å². The molecule has 4 aromatic rings.